The molecule has 0 amide bonds. The van der Waals surface area contributed by atoms with Crippen LogP contribution in [0.4, 0.5) is 14.5 Å². The molecule has 0 spiro atoms. The molecule has 0 bridgehead atoms. The van der Waals surface area contributed by atoms with Crippen LogP contribution in [0.3, 0.4) is 0 Å². The van der Waals surface area contributed by atoms with Crippen LogP contribution in [0.5, 0.6) is 0 Å². The highest BCUT2D eigenvalue weighted by atomic mass is 32.2. The highest BCUT2D eigenvalue weighted by Gasteiger charge is 2.17. The van der Waals surface area contributed by atoms with E-state index in [1.165, 1.54) is 0 Å². The number of nitrogen functional groups attached to an aromatic ring is 1. The van der Waals surface area contributed by atoms with Gasteiger partial charge in [0.25, 0.3) is 0 Å². The first kappa shape index (κ1) is 13.7. The molecule has 2 nitrogen and oxygen atoms in total. The van der Waals surface area contributed by atoms with Crippen molar-refractivity contribution in [3.05, 3.63) is 59.2 Å². The summed E-state index contributed by atoms with van der Waals surface area (Å²) in [6.45, 7) is 1.93. The molecule has 0 fully saturated rings. The number of hydrogen-bond acceptors (Lipinski definition) is 2. The van der Waals surface area contributed by atoms with E-state index < -0.39 is 27.3 Å². The van der Waals surface area contributed by atoms with Gasteiger partial charge in [0.15, 0.2) is 0 Å². The van der Waals surface area contributed by atoms with Crippen molar-refractivity contribution in [3.8, 4) is 0 Å². The summed E-state index contributed by atoms with van der Waals surface area (Å²) < 4.78 is 39.3. The molecule has 0 heterocycles. The zero-order chi connectivity index (χ0) is 14.0. The van der Waals surface area contributed by atoms with Gasteiger partial charge in [-0.1, -0.05) is 29.8 Å². The average molecular weight is 281 g/mol. The van der Waals surface area contributed by atoms with Crippen LogP contribution < -0.4 is 5.73 Å². The van der Waals surface area contributed by atoms with Crippen LogP contribution in [-0.2, 0) is 16.6 Å². The molecule has 100 valence electrons. The Hall–Kier alpha value is -1.75. The van der Waals surface area contributed by atoms with E-state index in [9.17, 15) is 13.0 Å². The summed E-state index contributed by atoms with van der Waals surface area (Å²) >= 11 is 0. The summed E-state index contributed by atoms with van der Waals surface area (Å²) in [7, 11) is -1.78. The van der Waals surface area contributed by atoms with E-state index in [2.05, 4.69) is 0 Å². The molecular weight excluding hydrogens is 268 g/mol. The summed E-state index contributed by atoms with van der Waals surface area (Å²) in [4.78, 5) is -0.422. The normalized spacial score (nSPS) is 12.4. The first-order chi connectivity index (χ1) is 8.97. The second-order valence-corrected chi connectivity index (χ2v) is 5.68. The minimum atomic E-state index is -1.78. The second kappa shape index (κ2) is 5.48. The third-order valence-electron chi connectivity index (χ3n) is 2.67. The Balaban J connectivity index is 2.28. The van der Waals surface area contributed by atoms with Crippen LogP contribution in [-0.4, -0.2) is 4.21 Å². The van der Waals surface area contributed by atoms with E-state index in [1.807, 2.05) is 19.1 Å². The molecule has 2 aromatic carbocycles. The predicted octanol–water partition coefficient (Wildman–Crippen LogP) is 3.16. The third-order valence-corrected chi connectivity index (χ3v) is 4.11. The quantitative estimate of drug-likeness (QED) is 0.878. The number of nitrogens with two attached hydrogens (primary N) is 1. The van der Waals surface area contributed by atoms with Gasteiger partial charge in [-0.05, 0) is 24.6 Å². The minimum Gasteiger partial charge on any atom is -0.399 e. The summed E-state index contributed by atoms with van der Waals surface area (Å²) in [6.07, 6.45) is 0. The van der Waals surface area contributed by atoms with Crippen molar-refractivity contribution in [3.63, 3.8) is 0 Å². The van der Waals surface area contributed by atoms with Crippen molar-refractivity contribution >= 4 is 16.5 Å². The van der Waals surface area contributed by atoms with Gasteiger partial charge in [0, 0.05) is 5.69 Å². The third kappa shape index (κ3) is 3.17. The zero-order valence-electron chi connectivity index (χ0n) is 10.3. The highest BCUT2D eigenvalue weighted by molar-refractivity contribution is 7.84. The van der Waals surface area contributed by atoms with E-state index in [1.54, 1.807) is 12.1 Å². The molecule has 0 saturated carbocycles. The Bertz CT molecular complexity index is 603. The molecule has 0 aliphatic carbocycles. The maximum absolute atomic E-state index is 13.6. The van der Waals surface area contributed by atoms with E-state index in [0.29, 0.717) is 0 Å². The van der Waals surface area contributed by atoms with Gasteiger partial charge >= 0.3 is 0 Å². The summed E-state index contributed by atoms with van der Waals surface area (Å²) in [5, 5.41) is 0. The van der Waals surface area contributed by atoms with E-state index in [4.69, 9.17) is 5.73 Å². The lowest BCUT2D eigenvalue weighted by Crippen LogP contribution is -2.04. The summed E-state index contributed by atoms with van der Waals surface area (Å²) in [5.41, 5.74) is 7.13. The topological polar surface area (TPSA) is 43.1 Å². The molecule has 2 N–H and O–H groups in total. The van der Waals surface area contributed by atoms with E-state index in [-0.39, 0.29) is 11.4 Å². The fourth-order valence-electron chi connectivity index (χ4n) is 1.70. The van der Waals surface area contributed by atoms with Gasteiger partial charge in [-0.3, -0.25) is 4.21 Å². The van der Waals surface area contributed by atoms with Gasteiger partial charge in [-0.2, -0.15) is 0 Å². The molecule has 0 aliphatic rings. The van der Waals surface area contributed by atoms with Crippen LogP contribution in [0.1, 0.15) is 11.1 Å². The van der Waals surface area contributed by atoms with Crippen LogP contribution in [0.15, 0.2) is 41.3 Å². The number of halogens is 2. The number of hydrogen-bond donors (Lipinski definition) is 1. The van der Waals surface area contributed by atoms with Gasteiger partial charge in [0.05, 0.1) is 16.6 Å². The smallest absolute Gasteiger partial charge is 0.144 e. The molecule has 1 unspecified atom stereocenters. The standard InChI is InChI=1S/C14H13F2NOS/c1-9-2-4-10(5-3-9)8-19(18)14-12(15)6-11(17)7-13(14)16/h2-7H,8,17H2,1H3. The molecule has 0 aliphatic heterocycles. The molecule has 19 heavy (non-hydrogen) atoms. The second-order valence-electron chi connectivity index (χ2n) is 4.29. The molecule has 0 saturated heterocycles. The minimum absolute atomic E-state index is 0.0221. The Labute approximate surface area is 112 Å². The number of rotatable bonds is 3. The molecular formula is C14H13F2NOS. The van der Waals surface area contributed by atoms with Gasteiger partial charge in [-0.25, -0.2) is 8.78 Å². The fourth-order valence-corrected chi connectivity index (χ4v) is 2.90. The van der Waals surface area contributed by atoms with Crippen LogP contribution in [0.2, 0.25) is 0 Å². The maximum atomic E-state index is 13.6. The lowest BCUT2D eigenvalue weighted by Gasteiger charge is -2.07. The van der Waals surface area contributed by atoms with Gasteiger partial charge in [-0.15, -0.1) is 0 Å². The Morgan fingerprint density at radius 1 is 1.11 bits per heavy atom. The largest absolute Gasteiger partial charge is 0.399 e. The number of anilines is 1. The van der Waals surface area contributed by atoms with Crippen LogP contribution in [0, 0.1) is 18.6 Å². The lowest BCUT2D eigenvalue weighted by molar-refractivity contribution is 0.535. The monoisotopic (exact) mass is 281 g/mol. The molecule has 2 aromatic rings. The van der Waals surface area contributed by atoms with E-state index >= 15 is 0 Å². The molecule has 0 aromatic heterocycles. The first-order valence-electron chi connectivity index (χ1n) is 5.66. The summed E-state index contributed by atoms with van der Waals surface area (Å²) in [6, 6.07) is 9.27. The SMILES string of the molecule is Cc1ccc(CS(=O)c2c(F)cc(N)cc2F)cc1. The van der Waals surface area contributed by atoms with E-state index in [0.717, 1.165) is 23.3 Å². The Morgan fingerprint density at radius 3 is 2.16 bits per heavy atom. The van der Waals surface area contributed by atoms with Crippen LogP contribution in [0.25, 0.3) is 0 Å². The number of aryl methyl sites for hydroxylation is 1. The number of benzene rings is 2. The van der Waals surface area contributed by atoms with Crippen molar-refractivity contribution in [1.29, 1.82) is 0 Å². The van der Waals surface area contributed by atoms with Crippen molar-refractivity contribution in [2.45, 2.75) is 17.6 Å². The van der Waals surface area contributed by atoms with Crippen molar-refractivity contribution in [2.75, 3.05) is 5.73 Å². The zero-order valence-corrected chi connectivity index (χ0v) is 11.1. The average Bonchev–Trinajstić information content (AvgIpc) is 2.30. The Morgan fingerprint density at radius 2 is 1.63 bits per heavy atom. The highest BCUT2D eigenvalue weighted by Crippen LogP contribution is 2.22. The van der Waals surface area contributed by atoms with Crippen molar-refractivity contribution in [2.24, 2.45) is 0 Å². The molecule has 2 rings (SSSR count). The first-order valence-corrected chi connectivity index (χ1v) is 6.97. The molecule has 1 atom stereocenters. The lowest BCUT2D eigenvalue weighted by atomic mass is 10.2. The Kier molecular flexibility index (Phi) is 3.95. The summed E-state index contributed by atoms with van der Waals surface area (Å²) in [5.74, 6) is -1.68. The maximum Gasteiger partial charge on any atom is 0.144 e. The van der Waals surface area contributed by atoms with Gasteiger partial charge < -0.3 is 5.73 Å². The molecule has 5 heteroatoms. The molecule has 0 radical (unpaired) electrons. The van der Waals surface area contributed by atoms with Crippen LogP contribution >= 0.6 is 0 Å². The fraction of sp³-hybridized carbons (Fsp3) is 0.143. The predicted molar refractivity (Wildman–Crippen MR) is 72.1 cm³/mol. The van der Waals surface area contributed by atoms with Crippen molar-refractivity contribution < 1.29 is 13.0 Å². The van der Waals surface area contributed by atoms with Crippen molar-refractivity contribution in [1.82, 2.24) is 0 Å². The van der Waals surface area contributed by atoms with Gasteiger partial charge in [0.2, 0.25) is 0 Å². The van der Waals surface area contributed by atoms with Gasteiger partial charge in [0.1, 0.15) is 16.5 Å².